The van der Waals surface area contributed by atoms with Gasteiger partial charge < -0.3 is 13.9 Å². The summed E-state index contributed by atoms with van der Waals surface area (Å²) in [5.41, 5.74) is 14.1. The largest absolute Gasteiger partial charge is 0.456 e. The van der Waals surface area contributed by atoms with Crippen LogP contribution in [0.15, 0.2) is 194 Å². The van der Waals surface area contributed by atoms with Crippen molar-refractivity contribution in [3.8, 4) is 56.3 Å². The molecule has 9 aromatic carbocycles. The second kappa shape index (κ2) is 11.6. The fraction of sp³-hybridized carbons (Fsp3) is 0. The van der Waals surface area contributed by atoms with Crippen LogP contribution < -0.4 is 4.74 Å². The lowest BCUT2D eigenvalue weighted by atomic mass is 9.92. The van der Waals surface area contributed by atoms with Crippen molar-refractivity contribution in [3.05, 3.63) is 194 Å². The molecule has 12 rings (SSSR count). The molecule has 3 heteroatoms. The number of benzene rings is 9. The number of nitrogens with zero attached hydrogens (tertiary/aromatic N) is 2. The molecule has 55 heavy (non-hydrogen) atoms. The number of hydrogen-bond donors (Lipinski definition) is 0. The second-order valence-electron chi connectivity index (χ2n) is 14.5. The van der Waals surface area contributed by atoms with Crippen molar-refractivity contribution in [2.24, 2.45) is 0 Å². The molecule has 0 radical (unpaired) electrons. The molecule has 0 saturated heterocycles. The van der Waals surface area contributed by atoms with Gasteiger partial charge in [-0.25, -0.2) is 0 Å². The average Bonchev–Trinajstić information content (AvgIpc) is 3.77. The van der Waals surface area contributed by atoms with Gasteiger partial charge in [0.05, 0.1) is 22.1 Å². The van der Waals surface area contributed by atoms with Crippen LogP contribution >= 0.6 is 0 Å². The molecule has 0 spiro atoms. The molecule has 2 aromatic heterocycles. The normalized spacial score (nSPS) is 12.1. The molecule has 0 saturated carbocycles. The highest BCUT2D eigenvalue weighted by atomic mass is 16.5. The van der Waals surface area contributed by atoms with Crippen LogP contribution in [-0.4, -0.2) is 9.13 Å². The predicted molar refractivity (Wildman–Crippen MR) is 229 cm³/mol. The van der Waals surface area contributed by atoms with E-state index in [1.807, 2.05) is 6.07 Å². The third-order valence-electron chi connectivity index (χ3n) is 11.5. The number of aromatic nitrogens is 2. The van der Waals surface area contributed by atoms with Gasteiger partial charge in [-0.3, -0.25) is 0 Å². The zero-order valence-electron chi connectivity index (χ0n) is 29.8. The van der Waals surface area contributed by atoms with Gasteiger partial charge in [0.2, 0.25) is 0 Å². The van der Waals surface area contributed by atoms with Crippen molar-refractivity contribution >= 4 is 54.4 Å². The maximum absolute atomic E-state index is 6.73. The molecule has 1 aliphatic heterocycles. The highest BCUT2D eigenvalue weighted by Gasteiger charge is 2.25. The summed E-state index contributed by atoms with van der Waals surface area (Å²) in [7, 11) is 0. The van der Waals surface area contributed by atoms with Crippen LogP contribution in [0.5, 0.6) is 11.5 Å². The van der Waals surface area contributed by atoms with Gasteiger partial charge in [-0.05, 0) is 87.8 Å². The van der Waals surface area contributed by atoms with Crippen LogP contribution in [0.1, 0.15) is 0 Å². The molecule has 0 unspecified atom stereocenters. The summed E-state index contributed by atoms with van der Waals surface area (Å²) in [6.07, 6.45) is 0. The van der Waals surface area contributed by atoms with Crippen LogP contribution in [0, 0.1) is 0 Å². The minimum atomic E-state index is 0.889. The summed E-state index contributed by atoms with van der Waals surface area (Å²) >= 11 is 0. The fourth-order valence-electron chi connectivity index (χ4n) is 9.15. The zero-order chi connectivity index (χ0) is 36.0. The maximum atomic E-state index is 6.73. The Kier molecular flexibility index (Phi) is 6.34. The van der Waals surface area contributed by atoms with Crippen molar-refractivity contribution in [1.82, 2.24) is 9.13 Å². The van der Waals surface area contributed by atoms with E-state index in [-0.39, 0.29) is 0 Å². The molecule has 0 amide bonds. The Morgan fingerprint density at radius 1 is 0.291 bits per heavy atom. The van der Waals surface area contributed by atoms with E-state index in [9.17, 15) is 0 Å². The Hall–Kier alpha value is -7.36. The van der Waals surface area contributed by atoms with E-state index in [0.717, 1.165) is 44.9 Å². The minimum absolute atomic E-state index is 0.889. The number of ether oxygens (including phenoxy) is 1. The first-order valence-corrected chi connectivity index (χ1v) is 18.9. The van der Waals surface area contributed by atoms with Crippen molar-refractivity contribution in [2.45, 2.75) is 0 Å². The Labute approximate surface area is 317 Å². The highest BCUT2D eigenvalue weighted by Crippen LogP contribution is 2.51. The molecule has 0 fully saturated rings. The molecule has 0 atom stereocenters. The number of rotatable bonds is 4. The number of para-hydroxylation sites is 3. The Morgan fingerprint density at radius 3 is 1.76 bits per heavy atom. The van der Waals surface area contributed by atoms with Gasteiger partial charge in [0, 0.05) is 49.9 Å². The first-order chi connectivity index (χ1) is 27.3. The van der Waals surface area contributed by atoms with Crippen LogP contribution in [0.4, 0.5) is 0 Å². The molecular weight excluding hydrogens is 669 g/mol. The Bertz CT molecular complexity index is 3320. The molecule has 0 bridgehead atoms. The van der Waals surface area contributed by atoms with Crippen molar-refractivity contribution < 1.29 is 4.74 Å². The smallest absolute Gasteiger partial charge is 0.138 e. The molecule has 11 aromatic rings. The third-order valence-corrected chi connectivity index (χ3v) is 11.5. The molecule has 3 nitrogen and oxygen atoms in total. The molecule has 3 heterocycles. The van der Waals surface area contributed by atoms with Gasteiger partial charge in [0.15, 0.2) is 0 Å². The maximum Gasteiger partial charge on any atom is 0.138 e. The Balaban J connectivity index is 1.16. The summed E-state index contributed by atoms with van der Waals surface area (Å²) in [4.78, 5) is 0. The standard InChI is InChI=1S/C52H32N2O/c1-3-13-33(14-4-1)34-25-28-37(29-26-34)54-45-30-27-35(38-19-12-23-46-50(38)41-18-7-9-22-44(41)53(46)36-15-5-2-6-16-36)31-43(45)51-42-21-11-20-40-39-17-8-10-24-48(39)55-49(52(40)42)32-47(51)54/h1-32H. The fourth-order valence-corrected chi connectivity index (χ4v) is 9.15. The summed E-state index contributed by atoms with van der Waals surface area (Å²) in [5.74, 6) is 1.78. The van der Waals surface area contributed by atoms with Crippen LogP contribution in [0.25, 0.3) is 99.1 Å². The van der Waals surface area contributed by atoms with E-state index in [0.29, 0.717) is 0 Å². The van der Waals surface area contributed by atoms with E-state index >= 15 is 0 Å². The van der Waals surface area contributed by atoms with Crippen LogP contribution in [-0.2, 0) is 0 Å². The van der Waals surface area contributed by atoms with Gasteiger partial charge in [0.25, 0.3) is 0 Å². The van der Waals surface area contributed by atoms with Crippen LogP contribution in [0.2, 0.25) is 0 Å². The predicted octanol–water partition coefficient (Wildman–Crippen LogP) is 14.1. The lowest BCUT2D eigenvalue weighted by molar-refractivity contribution is 0.487. The topological polar surface area (TPSA) is 19.1 Å². The molecule has 0 N–H and O–H groups in total. The summed E-state index contributed by atoms with van der Waals surface area (Å²) < 4.78 is 11.5. The van der Waals surface area contributed by atoms with E-state index in [4.69, 9.17) is 4.74 Å². The van der Waals surface area contributed by atoms with Crippen molar-refractivity contribution in [1.29, 1.82) is 0 Å². The van der Waals surface area contributed by atoms with E-state index < -0.39 is 0 Å². The van der Waals surface area contributed by atoms with Crippen molar-refractivity contribution in [2.75, 3.05) is 0 Å². The molecular formula is C52H32N2O. The lowest BCUT2D eigenvalue weighted by Crippen LogP contribution is -1.98. The summed E-state index contributed by atoms with van der Waals surface area (Å²) in [5, 5.41) is 7.30. The van der Waals surface area contributed by atoms with Gasteiger partial charge in [-0.2, -0.15) is 0 Å². The number of fused-ring (bicyclic) bond motifs is 9. The SMILES string of the molecule is c1ccc(-c2ccc(-n3c4ccc(-c5cccc6c5c5ccccc5n6-c5ccccc5)cc4c4c5cccc6c5c(cc43)Oc3ccccc3-6)cc2)cc1. The second-order valence-corrected chi connectivity index (χ2v) is 14.5. The quantitative estimate of drug-likeness (QED) is 0.179. The van der Waals surface area contributed by atoms with Crippen LogP contribution in [0.3, 0.4) is 0 Å². The third kappa shape index (κ3) is 4.38. The van der Waals surface area contributed by atoms with E-state index in [1.54, 1.807) is 0 Å². The van der Waals surface area contributed by atoms with Gasteiger partial charge in [-0.15, -0.1) is 0 Å². The van der Waals surface area contributed by atoms with Gasteiger partial charge in [-0.1, -0.05) is 133 Å². The summed E-state index contributed by atoms with van der Waals surface area (Å²) in [6, 6.07) is 70.1. The molecule has 0 aliphatic carbocycles. The van der Waals surface area contributed by atoms with E-state index in [1.165, 1.54) is 65.8 Å². The van der Waals surface area contributed by atoms with Gasteiger partial charge >= 0.3 is 0 Å². The lowest BCUT2D eigenvalue weighted by Gasteiger charge is -2.22. The molecule has 1 aliphatic rings. The van der Waals surface area contributed by atoms with Crippen molar-refractivity contribution in [3.63, 3.8) is 0 Å². The number of hydrogen-bond acceptors (Lipinski definition) is 1. The average molecular weight is 701 g/mol. The first kappa shape index (κ1) is 30.1. The summed E-state index contributed by atoms with van der Waals surface area (Å²) in [6.45, 7) is 0. The minimum Gasteiger partial charge on any atom is -0.456 e. The monoisotopic (exact) mass is 700 g/mol. The first-order valence-electron chi connectivity index (χ1n) is 18.9. The molecule has 256 valence electrons. The van der Waals surface area contributed by atoms with Gasteiger partial charge in [0.1, 0.15) is 11.5 Å². The Morgan fingerprint density at radius 2 is 0.891 bits per heavy atom. The highest BCUT2D eigenvalue weighted by molar-refractivity contribution is 6.26. The zero-order valence-corrected chi connectivity index (χ0v) is 29.8. The van der Waals surface area contributed by atoms with E-state index in [2.05, 4.69) is 197 Å².